The molecule has 0 unspecified atom stereocenters. The van der Waals surface area contributed by atoms with Crippen molar-refractivity contribution in [1.29, 1.82) is 0 Å². The molecule has 7 nitrogen and oxygen atoms in total. The summed E-state index contributed by atoms with van der Waals surface area (Å²) in [5.74, 6) is -0.794. The molecule has 0 radical (unpaired) electrons. The smallest absolute Gasteiger partial charge is 0.268 e. The van der Waals surface area contributed by atoms with Gasteiger partial charge in [0, 0.05) is 30.8 Å². The van der Waals surface area contributed by atoms with Crippen LogP contribution < -0.4 is 5.32 Å². The normalized spacial score (nSPS) is 19.6. The number of oxime groups is 1. The number of sulfonamides is 1. The fraction of sp³-hybridized carbons (Fsp3) is 0.300. The Balaban J connectivity index is 1.38. The van der Waals surface area contributed by atoms with Gasteiger partial charge in [0.25, 0.3) is 5.91 Å². The van der Waals surface area contributed by atoms with Crippen LogP contribution in [-0.2, 0) is 19.7 Å². The number of hydrogen-bond donors (Lipinski definition) is 1. The topological polar surface area (TPSA) is 88.1 Å². The van der Waals surface area contributed by atoms with E-state index in [1.54, 1.807) is 24.3 Å². The molecule has 29 heavy (non-hydrogen) atoms. The average Bonchev–Trinajstić information content (AvgIpc) is 3.41. The lowest BCUT2D eigenvalue weighted by atomic mass is 10.0. The van der Waals surface area contributed by atoms with Gasteiger partial charge in [0.15, 0.2) is 0 Å². The minimum absolute atomic E-state index is 0.200. The van der Waals surface area contributed by atoms with Crippen molar-refractivity contribution in [2.24, 2.45) is 5.16 Å². The highest BCUT2D eigenvalue weighted by atomic mass is 32.2. The molecule has 0 spiro atoms. The minimum Gasteiger partial charge on any atom is -0.382 e. The average molecular weight is 417 g/mol. The number of anilines is 1. The first kappa shape index (κ1) is 19.5. The van der Waals surface area contributed by atoms with Crippen molar-refractivity contribution >= 4 is 27.3 Å². The van der Waals surface area contributed by atoms with Gasteiger partial charge in [-0.3, -0.25) is 4.79 Å². The highest BCUT2D eigenvalue weighted by molar-refractivity contribution is 7.89. The molecular formula is C20H20FN3O4S. The van der Waals surface area contributed by atoms with Gasteiger partial charge in [0.2, 0.25) is 16.1 Å². The number of carbonyl (C=O) groups is 1. The fourth-order valence-electron chi connectivity index (χ4n) is 3.37. The van der Waals surface area contributed by atoms with Crippen molar-refractivity contribution in [3.8, 4) is 0 Å². The molecule has 2 aliphatic rings. The van der Waals surface area contributed by atoms with Crippen molar-refractivity contribution in [3.05, 3.63) is 59.9 Å². The third-order valence-electron chi connectivity index (χ3n) is 4.94. The number of carbonyl (C=O) groups excluding carboxylic acids is 1. The van der Waals surface area contributed by atoms with Gasteiger partial charge < -0.3 is 10.2 Å². The van der Waals surface area contributed by atoms with Crippen LogP contribution in [0.15, 0.2) is 58.6 Å². The van der Waals surface area contributed by atoms with Gasteiger partial charge >= 0.3 is 0 Å². The summed E-state index contributed by atoms with van der Waals surface area (Å²) < 4.78 is 39.9. The molecule has 4 rings (SSSR count). The lowest BCUT2D eigenvalue weighted by Crippen LogP contribution is -2.28. The van der Waals surface area contributed by atoms with E-state index in [2.05, 4.69) is 10.5 Å². The predicted molar refractivity (Wildman–Crippen MR) is 105 cm³/mol. The third-order valence-corrected chi connectivity index (χ3v) is 6.86. The molecule has 1 N–H and O–H groups in total. The van der Waals surface area contributed by atoms with Crippen LogP contribution in [0.2, 0.25) is 0 Å². The van der Waals surface area contributed by atoms with Crippen molar-refractivity contribution in [1.82, 2.24) is 4.31 Å². The van der Waals surface area contributed by atoms with E-state index in [0.717, 1.165) is 12.8 Å². The summed E-state index contributed by atoms with van der Waals surface area (Å²) in [7, 11) is -3.49. The molecule has 2 aromatic carbocycles. The largest absolute Gasteiger partial charge is 0.382 e. The zero-order chi connectivity index (χ0) is 20.4. The molecule has 0 saturated carbocycles. The Morgan fingerprint density at radius 2 is 1.86 bits per heavy atom. The first-order valence-corrected chi connectivity index (χ1v) is 10.8. The third kappa shape index (κ3) is 4.15. The van der Waals surface area contributed by atoms with Gasteiger partial charge in [-0.05, 0) is 49.2 Å². The second-order valence-electron chi connectivity index (χ2n) is 6.97. The van der Waals surface area contributed by atoms with Crippen molar-refractivity contribution in [2.75, 3.05) is 18.4 Å². The van der Waals surface area contributed by atoms with E-state index in [4.69, 9.17) is 4.84 Å². The summed E-state index contributed by atoms with van der Waals surface area (Å²) >= 11 is 0. The standard InChI is InChI=1S/C20H20FN3O4S/c21-15-5-3-4-14(12-15)18-13-19(28-23-18)20(25)22-16-6-8-17(9-7-16)29(26,27)24-10-1-2-11-24/h3-9,12,19H,1-2,10-11,13H2,(H,22,25)/t19-/m0/s1. The number of halogens is 1. The molecule has 2 aromatic rings. The highest BCUT2D eigenvalue weighted by Gasteiger charge is 2.30. The second kappa shape index (κ2) is 7.92. The molecule has 1 fully saturated rings. The quantitative estimate of drug-likeness (QED) is 0.810. The highest BCUT2D eigenvalue weighted by Crippen LogP contribution is 2.23. The summed E-state index contributed by atoms with van der Waals surface area (Å²) in [5, 5.41) is 6.58. The molecule has 1 amide bonds. The van der Waals surface area contributed by atoms with Gasteiger partial charge in [0.05, 0.1) is 10.6 Å². The van der Waals surface area contributed by atoms with E-state index in [-0.39, 0.29) is 17.1 Å². The van der Waals surface area contributed by atoms with Crippen LogP contribution in [0.4, 0.5) is 10.1 Å². The number of amides is 1. The monoisotopic (exact) mass is 417 g/mol. The lowest BCUT2D eigenvalue weighted by Gasteiger charge is -2.16. The van der Waals surface area contributed by atoms with Crippen molar-refractivity contribution in [3.63, 3.8) is 0 Å². The minimum atomic E-state index is -3.49. The molecular weight excluding hydrogens is 397 g/mol. The SMILES string of the molecule is O=C(Nc1ccc(S(=O)(=O)N2CCCC2)cc1)[C@@H]1CC(c2cccc(F)c2)=NO1. The van der Waals surface area contributed by atoms with E-state index in [1.807, 2.05) is 0 Å². The number of benzene rings is 2. The molecule has 0 aromatic heterocycles. The Hall–Kier alpha value is -2.78. The second-order valence-corrected chi connectivity index (χ2v) is 8.91. The first-order valence-electron chi connectivity index (χ1n) is 9.33. The predicted octanol–water partition coefficient (Wildman–Crippen LogP) is 2.74. The van der Waals surface area contributed by atoms with Crippen LogP contribution in [0, 0.1) is 5.82 Å². The van der Waals surface area contributed by atoms with Crippen LogP contribution in [0.1, 0.15) is 24.8 Å². The number of hydrogen-bond acceptors (Lipinski definition) is 5. The zero-order valence-electron chi connectivity index (χ0n) is 15.5. The van der Waals surface area contributed by atoms with E-state index < -0.39 is 22.0 Å². The van der Waals surface area contributed by atoms with E-state index in [9.17, 15) is 17.6 Å². The number of nitrogens with one attached hydrogen (secondary N) is 1. The lowest BCUT2D eigenvalue weighted by molar-refractivity contribution is -0.125. The van der Waals surface area contributed by atoms with Crippen LogP contribution >= 0.6 is 0 Å². The van der Waals surface area contributed by atoms with E-state index in [0.29, 0.717) is 30.1 Å². The van der Waals surface area contributed by atoms with E-state index >= 15 is 0 Å². The molecule has 0 bridgehead atoms. The maximum atomic E-state index is 13.4. The van der Waals surface area contributed by atoms with Gasteiger partial charge in [-0.1, -0.05) is 17.3 Å². The molecule has 1 saturated heterocycles. The summed E-state index contributed by atoms with van der Waals surface area (Å²) in [5.41, 5.74) is 1.52. The van der Waals surface area contributed by atoms with Crippen LogP contribution in [0.25, 0.3) is 0 Å². The molecule has 1 atom stereocenters. The van der Waals surface area contributed by atoms with E-state index in [1.165, 1.54) is 28.6 Å². The Morgan fingerprint density at radius 3 is 2.55 bits per heavy atom. The molecule has 0 aliphatic carbocycles. The molecule has 152 valence electrons. The first-order chi connectivity index (χ1) is 13.9. The summed E-state index contributed by atoms with van der Waals surface area (Å²) in [6.45, 7) is 1.07. The maximum Gasteiger partial charge on any atom is 0.268 e. The molecule has 9 heteroatoms. The molecule has 2 heterocycles. The van der Waals surface area contributed by atoms with Crippen molar-refractivity contribution < 1.29 is 22.4 Å². The van der Waals surface area contributed by atoms with Crippen LogP contribution in [0.5, 0.6) is 0 Å². The van der Waals surface area contributed by atoms with Gasteiger partial charge in [-0.2, -0.15) is 4.31 Å². The zero-order valence-corrected chi connectivity index (χ0v) is 16.4. The Bertz CT molecular complexity index is 1050. The van der Waals surface area contributed by atoms with Crippen molar-refractivity contribution in [2.45, 2.75) is 30.3 Å². The molecule has 2 aliphatic heterocycles. The summed E-state index contributed by atoms with van der Waals surface area (Å²) in [4.78, 5) is 17.8. The van der Waals surface area contributed by atoms with Crippen LogP contribution in [-0.4, -0.2) is 43.5 Å². The summed E-state index contributed by atoms with van der Waals surface area (Å²) in [6, 6.07) is 12.0. The maximum absolute atomic E-state index is 13.4. The van der Waals surface area contributed by atoms with Gasteiger partial charge in [-0.25, -0.2) is 12.8 Å². The number of nitrogens with zero attached hydrogens (tertiary/aromatic N) is 2. The number of rotatable bonds is 5. The summed E-state index contributed by atoms with van der Waals surface area (Å²) in [6.07, 6.45) is 1.13. The Labute approximate surface area is 168 Å². The van der Waals surface area contributed by atoms with Gasteiger partial charge in [0.1, 0.15) is 5.82 Å². The van der Waals surface area contributed by atoms with Crippen LogP contribution in [0.3, 0.4) is 0 Å². The Morgan fingerprint density at radius 1 is 1.14 bits per heavy atom. The Kier molecular flexibility index (Phi) is 5.33. The fourth-order valence-corrected chi connectivity index (χ4v) is 4.88. The van der Waals surface area contributed by atoms with Gasteiger partial charge in [-0.15, -0.1) is 0 Å².